The first-order valence-corrected chi connectivity index (χ1v) is 9.27. The van der Waals surface area contributed by atoms with E-state index in [0.29, 0.717) is 6.42 Å². The molecule has 0 fully saturated rings. The van der Waals surface area contributed by atoms with Crippen LogP contribution in [-0.2, 0) is 16.5 Å². The molecule has 0 saturated carbocycles. The second-order valence-electron chi connectivity index (χ2n) is 5.63. The zero-order chi connectivity index (χ0) is 17.7. The molecule has 2 aromatic rings. The van der Waals surface area contributed by atoms with Gasteiger partial charge in [-0.1, -0.05) is 24.3 Å². The van der Waals surface area contributed by atoms with Gasteiger partial charge in [-0.05, 0) is 50.1 Å². The lowest BCUT2D eigenvalue weighted by atomic mass is 10.0. The van der Waals surface area contributed by atoms with Crippen LogP contribution in [0.5, 0.6) is 5.75 Å². The van der Waals surface area contributed by atoms with Crippen LogP contribution in [0.1, 0.15) is 19.4 Å². The molecule has 1 atom stereocenters. The third-order valence-corrected chi connectivity index (χ3v) is 4.87. The third-order valence-electron chi connectivity index (χ3n) is 4.00. The lowest BCUT2D eigenvalue weighted by molar-refractivity contribution is 0.397. The van der Waals surface area contributed by atoms with Crippen molar-refractivity contribution in [2.75, 3.05) is 18.6 Å². The van der Waals surface area contributed by atoms with Crippen molar-refractivity contribution in [3.8, 4) is 5.75 Å². The molecule has 0 radical (unpaired) electrons. The molecule has 0 aliphatic carbocycles. The average Bonchev–Trinajstić information content (AvgIpc) is 2.55. The maximum atomic E-state index is 11.5. The van der Waals surface area contributed by atoms with Gasteiger partial charge in [0.05, 0.1) is 7.11 Å². The highest BCUT2D eigenvalue weighted by Crippen LogP contribution is 2.26. The van der Waals surface area contributed by atoms with Crippen LogP contribution >= 0.6 is 0 Å². The van der Waals surface area contributed by atoms with Crippen LogP contribution < -0.4 is 9.64 Å². The molecule has 1 N–H and O–H groups in total. The number of ether oxygens (including phenoxy) is 1. The smallest absolute Gasteiger partial charge is 0.298 e. The standard InChI is InChI=1S/C18H23NO4S/c1-4-19(16-8-6-5-7-9-16)14(2)12-15-10-11-17(23-3)18(13-15)24(20,21)22/h5-11,13-14H,4,12H2,1-3H3,(H,20,21,22)/t14-/m1/s1. The predicted octanol–water partition coefficient (Wildman–Crippen LogP) is 3.40. The van der Waals surface area contributed by atoms with Crippen molar-refractivity contribution < 1.29 is 17.7 Å². The first-order chi connectivity index (χ1) is 11.4. The Hall–Kier alpha value is -2.05. The molecule has 5 nitrogen and oxygen atoms in total. The van der Waals surface area contributed by atoms with Crippen molar-refractivity contribution in [3.63, 3.8) is 0 Å². The number of anilines is 1. The van der Waals surface area contributed by atoms with Crippen LogP contribution in [-0.4, -0.2) is 32.7 Å². The van der Waals surface area contributed by atoms with Gasteiger partial charge in [0.15, 0.2) is 0 Å². The van der Waals surface area contributed by atoms with Crippen LogP contribution in [0, 0.1) is 0 Å². The van der Waals surface area contributed by atoms with Crippen molar-refractivity contribution in [3.05, 3.63) is 54.1 Å². The molecular weight excluding hydrogens is 326 g/mol. The first kappa shape index (κ1) is 18.3. The maximum Gasteiger partial charge on any atom is 0.298 e. The molecule has 0 spiro atoms. The molecule has 2 aromatic carbocycles. The average molecular weight is 349 g/mol. The summed E-state index contributed by atoms with van der Waals surface area (Å²) in [6.45, 7) is 5.02. The molecule has 0 saturated heterocycles. The molecule has 0 unspecified atom stereocenters. The fraction of sp³-hybridized carbons (Fsp3) is 0.333. The molecule has 0 aromatic heterocycles. The summed E-state index contributed by atoms with van der Waals surface area (Å²) < 4.78 is 37.4. The summed E-state index contributed by atoms with van der Waals surface area (Å²) in [4.78, 5) is 2.05. The van der Waals surface area contributed by atoms with Gasteiger partial charge in [0.1, 0.15) is 10.6 Å². The van der Waals surface area contributed by atoms with Crippen molar-refractivity contribution in [1.29, 1.82) is 0 Å². The number of para-hydroxylation sites is 1. The Kier molecular flexibility index (Phi) is 5.85. The minimum atomic E-state index is -4.32. The number of hydrogen-bond donors (Lipinski definition) is 1. The Morgan fingerprint density at radius 1 is 1.17 bits per heavy atom. The number of rotatable bonds is 7. The van der Waals surface area contributed by atoms with Crippen LogP contribution in [0.3, 0.4) is 0 Å². The fourth-order valence-electron chi connectivity index (χ4n) is 2.87. The van der Waals surface area contributed by atoms with Gasteiger partial charge in [0.2, 0.25) is 0 Å². The fourth-order valence-corrected chi connectivity index (χ4v) is 3.58. The quantitative estimate of drug-likeness (QED) is 0.776. The van der Waals surface area contributed by atoms with Crippen molar-refractivity contribution >= 4 is 15.8 Å². The number of benzene rings is 2. The van der Waals surface area contributed by atoms with Gasteiger partial charge in [-0.3, -0.25) is 4.55 Å². The second kappa shape index (κ2) is 7.68. The van der Waals surface area contributed by atoms with E-state index in [4.69, 9.17) is 4.74 Å². The van der Waals surface area contributed by atoms with Crippen LogP contribution in [0.25, 0.3) is 0 Å². The molecule has 6 heteroatoms. The molecule has 24 heavy (non-hydrogen) atoms. The van der Waals surface area contributed by atoms with E-state index in [1.807, 2.05) is 24.3 Å². The highest BCUT2D eigenvalue weighted by molar-refractivity contribution is 7.86. The Labute approximate surface area is 143 Å². The molecule has 130 valence electrons. The Morgan fingerprint density at radius 2 is 1.83 bits per heavy atom. The Bertz CT molecular complexity index is 775. The predicted molar refractivity (Wildman–Crippen MR) is 95.4 cm³/mol. The summed E-state index contributed by atoms with van der Waals surface area (Å²) in [5.41, 5.74) is 1.95. The molecular formula is C18H23NO4S. The molecule has 0 heterocycles. The topological polar surface area (TPSA) is 66.8 Å². The van der Waals surface area contributed by atoms with Gasteiger partial charge in [-0.15, -0.1) is 0 Å². The SMILES string of the molecule is CCN(c1ccccc1)[C@H](C)Cc1ccc(OC)c(S(=O)(=O)O)c1. The zero-order valence-corrected chi connectivity index (χ0v) is 15.0. The highest BCUT2D eigenvalue weighted by Gasteiger charge is 2.19. The largest absolute Gasteiger partial charge is 0.495 e. The molecule has 0 aliphatic rings. The monoisotopic (exact) mass is 349 g/mol. The molecule has 0 aliphatic heterocycles. The van der Waals surface area contributed by atoms with Crippen molar-refractivity contribution in [1.82, 2.24) is 0 Å². The first-order valence-electron chi connectivity index (χ1n) is 7.83. The van der Waals surface area contributed by atoms with E-state index in [9.17, 15) is 13.0 Å². The molecule has 2 rings (SSSR count). The maximum absolute atomic E-state index is 11.5. The summed E-state index contributed by atoms with van der Waals surface area (Å²) in [5.74, 6) is 0.143. The van der Waals surface area contributed by atoms with E-state index in [0.717, 1.165) is 17.8 Å². The van der Waals surface area contributed by atoms with Crippen LogP contribution in [0.4, 0.5) is 5.69 Å². The number of methoxy groups -OCH3 is 1. The summed E-state index contributed by atoms with van der Waals surface area (Å²) >= 11 is 0. The molecule has 0 amide bonds. The van der Waals surface area contributed by atoms with Gasteiger partial charge in [-0.25, -0.2) is 0 Å². The number of hydrogen-bond acceptors (Lipinski definition) is 4. The van der Waals surface area contributed by atoms with E-state index in [1.165, 1.54) is 13.2 Å². The highest BCUT2D eigenvalue weighted by atomic mass is 32.2. The lowest BCUT2D eigenvalue weighted by Gasteiger charge is -2.30. The lowest BCUT2D eigenvalue weighted by Crippen LogP contribution is -2.34. The van der Waals surface area contributed by atoms with E-state index in [1.54, 1.807) is 6.07 Å². The van der Waals surface area contributed by atoms with Gasteiger partial charge >= 0.3 is 0 Å². The number of likely N-dealkylation sites (N-methyl/N-ethyl adjacent to an activating group) is 1. The normalized spacial score (nSPS) is 12.7. The van der Waals surface area contributed by atoms with Crippen LogP contribution in [0.2, 0.25) is 0 Å². The minimum absolute atomic E-state index is 0.143. The van der Waals surface area contributed by atoms with E-state index in [2.05, 4.69) is 30.9 Å². The van der Waals surface area contributed by atoms with Gasteiger partial charge in [0.25, 0.3) is 10.1 Å². The van der Waals surface area contributed by atoms with Crippen LogP contribution in [0.15, 0.2) is 53.4 Å². The van der Waals surface area contributed by atoms with E-state index < -0.39 is 10.1 Å². The minimum Gasteiger partial charge on any atom is -0.495 e. The summed E-state index contributed by atoms with van der Waals surface area (Å²) in [6, 6.07) is 15.1. The van der Waals surface area contributed by atoms with E-state index in [-0.39, 0.29) is 16.7 Å². The van der Waals surface area contributed by atoms with Crippen molar-refractivity contribution in [2.45, 2.75) is 31.2 Å². The Balaban J connectivity index is 2.27. The number of nitrogens with zero attached hydrogens (tertiary/aromatic N) is 1. The van der Waals surface area contributed by atoms with Crippen molar-refractivity contribution in [2.24, 2.45) is 0 Å². The third kappa shape index (κ3) is 4.27. The van der Waals surface area contributed by atoms with Gasteiger partial charge in [0, 0.05) is 18.3 Å². The summed E-state index contributed by atoms with van der Waals surface area (Å²) in [5, 5.41) is 0. The Morgan fingerprint density at radius 3 is 2.38 bits per heavy atom. The van der Waals surface area contributed by atoms with Gasteiger partial charge < -0.3 is 9.64 Å². The molecule has 0 bridgehead atoms. The van der Waals surface area contributed by atoms with Gasteiger partial charge in [-0.2, -0.15) is 8.42 Å². The zero-order valence-electron chi connectivity index (χ0n) is 14.1. The summed E-state index contributed by atoms with van der Waals surface area (Å²) in [7, 11) is -2.94. The van der Waals surface area contributed by atoms with E-state index >= 15 is 0 Å². The second-order valence-corrected chi connectivity index (χ2v) is 7.02. The summed E-state index contributed by atoms with van der Waals surface area (Å²) in [6.07, 6.45) is 0.648.